The van der Waals surface area contributed by atoms with E-state index in [1.54, 1.807) is 25.7 Å². The van der Waals surface area contributed by atoms with E-state index in [1.165, 1.54) is 19.3 Å². The van der Waals surface area contributed by atoms with Gasteiger partial charge in [0.25, 0.3) is 0 Å². The van der Waals surface area contributed by atoms with E-state index in [-0.39, 0.29) is 46.1 Å². The molecule has 0 N–H and O–H groups in total. The number of nitrogens with zero attached hydrogens (tertiary/aromatic N) is 4. The van der Waals surface area contributed by atoms with Crippen LogP contribution in [0.4, 0.5) is 13.6 Å². The van der Waals surface area contributed by atoms with E-state index < -0.39 is 51.3 Å². The van der Waals surface area contributed by atoms with Crippen LogP contribution in [0, 0.1) is 23.0 Å². The zero-order chi connectivity index (χ0) is 34.1. The minimum atomic E-state index is -1.25. The maximum absolute atomic E-state index is 16.8. The zero-order valence-electron chi connectivity index (χ0n) is 26.4. The highest BCUT2D eigenvalue weighted by Crippen LogP contribution is 2.55. The van der Waals surface area contributed by atoms with Gasteiger partial charge in [0, 0.05) is 48.8 Å². The molecule has 3 aliphatic rings. The molecule has 7 rings (SSSR count). The number of amides is 1. The summed E-state index contributed by atoms with van der Waals surface area (Å²) in [5.74, 6) is -2.93. The molecule has 1 aromatic heterocycles. The molecule has 0 unspecified atom stereocenters. The lowest BCUT2D eigenvalue weighted by molar-refractivity contribution is -0.0216. The van der Waals surface area contributed by atoms with Crippen LogP contribution < -0.4 is 19.8 Å². The van der Waals surface area contributed by atoms with Crippen molar-refractivity contribution >= 4 is 17.7 Å². The number of hydrogen-bond acceptors (Lipinski definition) is 8. The lowest BCUT2D eigenvalue weighted by Crippen LogP contribution is -2.53. The Morgan fingerprint density at radius 3 is 2.56 bits per heavy atom. The zero-order valence-corrected chi connectivity index (χ0v) is 27.2. The molecular weight excluding hydrogens is 646 g/mol. The van der Waals surface area contributed by atoms with Gasteiger partial charge in [-0.2, -0.15) is 10.4 Å². The summed E-state index contributed by atoms with van der Waals surface area (Å²) in [6, 6.07) is 13.0. The number of ether oxygens (including phenoxy) is 4. The van der Waals surface area contributed by atoms with Crippen LogP contribution in [0.2, 0.25) is 5.02 Å². The van der Waals surface area contributed by atoms with Crippen LogP contribution in [0.15, 0.2) is 53.5 Å². The number of likely N-dealkylation sites (tertiary alicyclic amines) is 1. The minimum Gasteiger partial charge on any atom is -0.480 e. The second-order valence-electron chi connectivity index (χ2n) is 12.9. The number of hydrogen-bond donors (Lipinski definition) is 0. The van der Waals surface area contributed by atoms with E-state index in [9.17, 15) is 14.9 Å². The molecule has 10 nitrogen and oxygen atoms in total. The summed E-state index contributed by atoms with van der Waals surface area (Å²) in [4.78, 5) is 27.9. The van der Waals surface area contributed by atoms with Gasteiger partial charge >= 0.3 is 11.7 Å². The number of rotatable bonds is 3. The van der Waals surface area contributed by atoms with Crippen molar-refractivity contribution in [3.8, 4) is 45.9 Å². The Balaban J connectivity index is 1.41. The first-order chi connectivity index (χ1) is 22.8. The minimum absolute atomic E-state index is 0.0411. The molecular formula is C35H29ClF2N4O6. The Kier molecular flexibility index (Phi) is 7.36. The smallest absolute Gasteiger partial charge is 0.410 e. The van der Waals surface area contributed by atoms with Gasteiger partial charge in [0.15, 0.2) is 22.9 Å². The predicted molar refractivity (Wildman–Crippen MR) is 170 cm³/mol. The molecule has 1 saturated heterocycles. The van der Waals surface area contributed by atoms with Gasteiger partial charge in [-0.15, -0.1) is 0 Å². The number of benzene rings is 3. The molecule has 0 aliphatic carbocycles. The SMILES string of the molecule is Cn1ncc2c(c1=O)Oc1c(cc(C#N)c(-c3c(Cl)c(F)cc4c3C[C@](c3ccccc3)([C@@H]3CCCN3C(=O)OC(C)(C)C)O4)c1F)O2. The highest BCUT2D eigenvalue weighted by atomic mass is 35.5. The van der Waals surface area contributed by atoms with Crippen LogP contribution in [0.1, 0.15) is 50.3 Å². The molecule has 48 heavy (non-hydrogen) atoms. The molecule has 0 spiro atoms. The maximum atomic E-state index is 16.8. The van der Waals surface area contributed by atoms with E-state index in [4.69, 9.17) is 30.5 Å². The number of carbonyl (C=O) groups excluding carboxylic acids is 1. The molecule has 1 amide bonds. The van der Waals surface area contributed by atoms with Crippen molar-refractivity contribution in [3.63, 3.8) is 0 Å². The van der Waals surface area contributed by atoms with Crippen LogP contribution in [-0.2, 0) is 23.8 Å². The highest BCUT2D eigenvalue weighted by Gasteiger charge is 2.54. The summed E-state index contributed by atoms with van der Waals surface area (Å²) >= 11 is 6.65. The normalized spacial score (nSPS) is 19.3. The van der Waals surface area contributed by atoms with Gasteiger partial charge in [-0.1, -0.05) is 41.9 Å². The molecule has 0 bridgehead atoms. The molecule has 3 aliphatic heterocycles. The fourth-order valence-corrected chi connectivity index (χ4v) is 6.98. The number of aryl methyl sites for hydroxylation is 1. The van der Waals surface area contributed by atoms with Gasteiger partial charge in [0.05, 0.1) is 22.8 Å². The molecule has 3 aromatic carbocycles. The first kappa shape index (κ1) is 31.4. The van der Waals surface area contributed by atoms with Crippen LogP contribution in [0.5, 0.6) is 28.7 Å². The lowest BCUT2D eigenvalue weighted by Gasteiger charge is -2.40. The van der Waals surface area contributed by atoms with Gasteiger partial charge in [-0.3, -0.25) is 4.79 Å². The van der Waals surface area contributed by atoms with Gasteiger partial charge in [0.1, 0.15) is 23.2 Å². The van der Waals surface area contributed by atoms with Crippen LogP contribution in [-0.4, -0.2) is 39.0 Å². The second-order valence-corrected chi connectivity index (χ2v) is 13.3. The molecule has 13 heteroatoms. The fourth-order valence-electron chi connectivity index (χ4n) is 6.71. The molecule has 4 heterocycles. The molecule has 0 radical (unpaired) electrons. The van der Waals surface area contributed by atoms with Crippen LogP contribution in [0.25, 0.3) is 11.1 Å². The number of halogens is 3. The van der Waals surface area contributed by atoms with Crippen molar-refractivity contribution < 1.29 is 32.5 Å². The van der Waals surface area contributed by atoms with Crippen LogP contribution in [0.3, 0.4) is 0 Å². The van der Waals surface area contributed by atoms with Crippen molar-refractivity contribution in [1.82, 2.24) is 14.7 Å². The Labute approximate surface area is 279 Å². The largest absolute Gasteiger partial charge is 0.480 e. The van der Waals surface area contributed by atoms with Gasteiger partial charge in [-0.05, 0) is 39.2 Å². The lowest BCUT2D eigenvalue weighted by atomic mass is 9.79. The summed E-state index contributed by atoms with van der Waals surface area (Å²) in [7, 11) is 1.39. The molecule has 2 atom stereocenters. The summed E-state index contributed by atoms with van der Waals surface area (Å²) < 4.78 is 57.4. The molecule has 1 fully saturated rings. The van der Waals surface area contributed by atoms with E-state index in [0.717, 1.165) is 10.7 Å². The van der Waals surface area contributed by atoms with Crippen LogP contribution >= 0.6 is 11.6 Å². The van der Waals surface area contributed by atoms with E-state index in [1.807, 2.05) is 36.4 Å². The quantitative estimate of drug-likeness (QED) is 0.195. The number of nitriles is 1. The maximum Gasteiger partial charge on any atom is 0.410 e. The van der Waals surface area contributed by atoms with Crippen molar-refractivity contribution in [3.05, 3.63) is 92.4 Å². The number of carbonyl (C=O) groups is 1. The summed E-state index contributed by atoms with van der Waals surface area (Å²) in [6.07, 6.45) is 1.96. The third-order valence-electron chi connectivity index (χ3n) is 8.74. The standard InChI is InChI=1S/C35H29ClF2N4O6/c1-34(2,3)48-33(44)42-12-8-11-25(42)35(19-9-6-5-7-10-19)15-20-22(47-35)14-21(37)28(36)27(20)26-18(16-39)13-23-30(29(26)38)46-31-24(45-23)17-40-41(4)32(31)43/h5-7,9-10,13-14,17,25H,8,11-12,15H2,1-4H3/t25-,35-/m0/s1. The molecule has 4 aromatic rings. The van der Waals surface area contributed by atoms with E-state index >= 15 is 8.78 Å². The second kappa shape index (κ2) is 11.2. The average molecular weight is 675 g/mol. The van der Waals surface area contributed by atoms with E-state index in [0.29, 0.717) is 30.5 Å². The molecule has 246 valence electrons. The Morgan fingerprint density at radius 1 is 1.10 bits per heavy atom. The Hall–Kier alpha value is -5.15. The Bertz CT molecular complexity index is 2110. The fraction of sp³-hybridized carbons (Fsp3) is 0.314. The molecule has 0 saturated carbocycles. The summed E-state index contributed by atoms with van der Waals surface area (Å²) in [5.41, 5.74) is -2.34. The average Bonchev–Trinajstić information content (AvgIpc) is 3.70. The number of aromatic nitrogens is 2. The monoisotopic (exact) mass is 674 g/mol. The van der Waals surface area contributed by atoms with Crippen molar-refractivity contribution in [2.45, 2.75) is 57.3 Å². The summed E-state index contributed by atoms with van der Waals surface area (Å²) in [6.45, 7) is 5.75. The topological polar surface area (TPSA) is 116 Å². The van der Waals surface area contributed by atoms with Crippen molar-refractivity contribution in [2.24, 2.45) is 7.05 Å². The van der Waals surface area contributed by atoms with Crippen molar-refractivity contribution in [1.29, 1.82) is 5.26 Å². The third kappa shape index (κ3) is 4.92. The first-order valence-corrected chi connectivity index (χ1v) is 15.6. The third-order valence-corrected chi connectivity index (χ3v) is 9.11. The Morgan fingerprint density at radius 2 is 1.85 bits per heavy atom. The predicted octanol–water partition coefficient (Wildman–Crippen LogP) is 7.38. The van der Waals surface area contributed by atoms with Gasteiger partial charge in [0.2, 0.25) is 11.5 Å². The van der Waals surface area contributed by atoms with Gasteiger partial charge < -0.3 is 23.8 Å². The van der Waals surface area contributed by atoms with E-state index in [2.05, 4.69) is 5.10 Å². The first-order valence-electron chi connectivity index (χ1n) is 15.3. The number of fused-ring (bicyclic) bond motifs is 3. The van der Waals surface area contributed by atoms with Gasteiger partial charge in [-0.25, -0.2) is 18.3 Å². The van der Waals surface area contributed by atoms with Crippen molar-refractivity contribution in [2.75, 3.05) is 6.54 Å². The summed E-state index contributed by atoms with van der Waals surface area (Å²) in [5, 5.41) is 13.7. The highest BCUT2D eigenvalue weighted by molar-refractivity contribution is 6.34.